The van der Waals surface area contributed by atoms with Gasteiger partial charge in [-0.05, 0) is 66.1 Å². The van der Waals surface area contributed by atoms with Crippen LogP contribution in [0.5, 0.6) is 0 Å². The van der Waals surface area contributed by atoms with Crippen molar-refractivity contribution < 1.29 is 27.8 Å². The number of halogens is 2. The highest BCUT2D eigenvalue weighted by molar-refractivity contribution is 5.84. The molecule has 0 saturated carbocycles. The number of hydrogen-bond donors (Lipinski definition) is 0. The topological polar surface area (TPSA) is 140 Å². The van der Waals surface area contributed by atoms with Gasteiger partial charge in [-0.3, -0.25) is 28.3 Å². The Labute approximate surface area is 411 Å². The summed E-state index contributed by atoms with van der Waals surface area (Å²) in [7, 11) is 3.81. The second kappa shape index (κ2) is 18.2. The molecule has 0 bridgehead atoms. The lowest BCUT2D eigenvalue weighted by molar-refractivity contribution is -0.130. The quantitative estimate of drug-likeness (QED) is 0.147. The molecule has 4 atom stereocenters. The highest BCUT2D eigenvalue weighted by Gasteiger charge is 2.40. The van der Waals surface area contributed by atoms with Gasteiger partial charge in [0.2, 0.25) is 18.2 Å². The van der Waals surface area contributed by atoms with Gasteiger partial charge in [0, 0.05) is 145 Å². The standard InChI is InChI=1S/C52H61F2N13O4/c1-32(68)61-12-9-46-43(28-61)51(57-66(46)40-11-16-70-30-40)64-15-14-63(49-20-36(6-8-48(49)64)39-23-56-60(4)26-39)27-42-21-41(31-71-42)67-47-10-13-62(33(2)69)29-44(47)52(58-67)65-24-34(18-50(53)54)17-37-19-35(5-7-45(37)65)38-22-55-59(3)25-38/h5-8,19-20,22-23,25-26,34,40-42,50H,9-18,21,24,27-31H2,1-4H3/t34-,40+,41+,42?/m1/s1. The first-order chi connectivity index (χ1) is 34.4. The van der Waals surface area contributed by atoms with Crippen LogP contribution < -0.4 is 14.7 Å². The van der Waals surface area contributed by atoms with Crippen molar-refractivity contribution in [3.8, 4) is 22.3 Å². The maximum Gasteiger partial charge on any atom is 0.239 e. The molecule has 6 aromatic rings. The van der Waals surface area contributed by atoms with Crippen LogP contribution >= 0.6 is 0 Å². The van der Waals surface area contributed by atoms with E-state index in [1.165, 1.54) is 5.69 Å². The van der Waals surface area contributed by atoms with Gasteiger partial charge in [-0.2, -0.15) is 20.4 Å². The van der Waals surface area contributed by atoms with Gasteiger partial charge in [0.1, 0.15) is 0 Å². The Kier molecular flexibility index (Phi) is 11.7. The molecule has 0 aliphatic carbocycles. The summed E-state index contributed by atoms with van der Waals surface area (Å²) < 4.78 is 48.9. The normalized spacial score (nSPS) is 22.0. The van der Waals surface area contributed by atoms with E-state index in [1.807, 2.05) is 53.4 Å². The van der Waals surface area contributed by atoms with Crippen molar-refractivity contribution in [2.75, 3.05) is 73.8 Å². The zero-order chi connectivity index (χ0) is 48.7. The third-order valence-corrected chi connectivity index (χ3v) is 15.7. The lowest BCUT2D eigenvalue weighted by Crippen LogP contribution is -2.43. The Morgan fingerprint density at radius 3 is 1.97 bits per heavy atom. The number of aryl methyl sites for hydroxylation is 2. The van der Waals surface area contributed by atoms with Crippen LogP contribution in [-0.4, -0.2) is 132 Å². The lowest BCUT2D eigenvalue weighted by atomic mass is 9.88. The molecule has 6 aliphatic heterocycles. The largest absolute Gasteiger partial charge is 0.379 e. The molecule has 0 radical (unpaired) electrons. The van der Waals surface area contributed by atoms with Gasteiger partial charge in [-0.25, -0.2) is 8.78 Å². The Morgan fingerprint density at radius 2 is 1.37 bits per heavy atom. The minimum atomic E-state index is -2.44. The number of ether oxygens (including phenoxy) is 2. The van der Waals surface area contributed by atoms with Crippen molar-refractivity contribution in [1.82, 2.24) is 48.9 Å². The molecule has 2 saturated heterocycles. The fourth-order valence-electron chi connectivity index (χ4n) is 12.1. The van der Waals surface area contributed by atoms with Crippen molar-refractivity contribution in [2.45, 2.75) is 90.1 Å². The van der Waals surface area contributed by atoms with E-state index in [9.17, 15) is 18.4 Å². The number of rotatable bonds is 10. The molecule has 4 aromatic heterocycles. The van der Waals surface area contributed by atoms with Gasteiger partial charge in [0.25, 0.3) is 0 Å². The number of carbonyl (C=O) groups excluding carboxylic acids is 2. The summed E-state index contributed by atoms with van der Waals surface area (Å²) in [5, 5.41) is 19.7. The fourth-order valence-corrected chi connectivity index (χ4v) is 12.1. The summed E-state index contributed by atoms with van der Waals surface area (Å²) in [4.78, 5) is 36.4. The molecule has 2 fully saturated rings. The summed E-state index contributed by atoms with van der Waals surface area (Å²) >= 11 is 0. The predicted octanol–water partition coefficient (Wildman–Crippen LogP) is 6.61. The maximum absolute atomic E-state index is 14.2. The first-order valence-corrected chi connectivity index (χ1v) is 25.2. The Morgan fingerprint density at radius 1 is 0.732 bits per heavy atom. The Hall–Kier alpha value is -6.60. The lowest BCUT2D eigenvalue weighted by Gasteiger charge is -2.40. The van der Waals surface area contributed by atoms with Crippen molar-refractivity contribution in [3.63, 3.8) is 0 Å². The van der Waals surface area contributed by atoms with E-state index in [0.717, 1.165) is 99.1 Å². The number of nitrogens with zero attached hydrogens (tertiary/aromatic N) is 13. The summed E-state index contributed by atoms with van der Waals surface area (Å²) in [5.41, 5.74) is 12.5. The predicted molar refractivity (Wildman–Crippen MR) is 263 cm³/mol. The van der Waals surface area contributed by atoms with Crippen LogP contribution in [0, 0.1) is 5.92 Å². The second-order valence-electron chi connectivity index (χ2n) is 20.4. The first-order valence-electron chi connectivity index (χ1n) is 25.2. The molecule has 6 aliphatic rings. The molecule has 17 nitrogen and oxygen atoms in total. The highest BCUT2D eigenvalue weighted by atomic mass is 19.3. The molecule has 12 rings (SSSR count). The Bertz CT molecular complexity index is 3010. The molecule has 71 heavy (non-hydrogen) atoms. The molecule has 2 aromatic carbocycles. The van der Waals surface area contributed by atoms with Gasteiger partial charge in [-0.1, -0.05) is 12.1 Å². The van der Waals surface area contributed by atoms with Gasteiger partial charge in [-0.15, -0.1) is 0 Å². The number of benzene rings is 2. The van der Waals surface area contributed by atoms with Crippen molar-refractivity contribution in [2.24, 2.45) is 20.0 Å². The smallest absolute Gasteiger partial charge is 0.239 e. The fraction of sp³-hybridized carbons (Fsp3) is 0.500. The number of alkyl halides is 2. The number of amides is 2. The third-order valence-electron chi connectivity index (χ3n) is 15.7. The van der Waals surface area contributed by atoms with Crippen LogP contribution in [0.3, 0.4) is 0 Å². The number of hydrogen-bond acceptors (Lipinski definition) is 11. The Balaban J connectivity index is 0.861. The van der Waals surface area contributed by atoms with E-state index in [4.69, 9.17) is 19.7 Å². The average molecular weight is 970 g/mol. The number of aromatic nitrogens is 8. The van der Waals surface area contributed by atoms with Gasteiger partial charge in [0.05, 0.1) is 68.3 Å². The molecular weight excluding hydrogens is 909 g/mol. The number of anilines is 5. The molecular formula is C52H61F2N13O4. The van der Waals surface area contributed by atoms with Crippen LogP contribution in [0.1, 0.15) is 73.3 Å². The van der Waals surface area contributed by atoms with E-state index in [2.05, 4.69) is 70.7 Å². The van der Waals surface area contributed by atoms with Crippen LogP contribution in [0.25, 0.3) is 22.3 Å². The second-order valence-corrected chi connectivity index (χ2v) is 20.4. The third kappa shape index (κ3) is 8.43. The number of fused-ring (bicyclic) bond motifs is 4. The van der Waals surface area contributed by atoms with E-state index >= 15 is 0 Å². The van der Waals surface area contributed by atoms with Crippen LogP contribution in [0.15, 0.2) is 61.2 Å². The van der Waals surface area contributed by atoms with Gasteiger partial charge < -0.3 is 34.0 Å². The first kappa shape index (κ1) is 45.5. The molecule has 19 heteroatoms. The van der Waals surface area contributed by atoms with Crippen molar-refractivity contribution in [3.05, 3.63) is 89.3 Å². The van der Waals surface area contributed by atoms with E-state index in [0.29, 0.717) is 78.5 Å². The van der Waals surface area contributed by atoms with Crippen molar-refractivity contribution in [1.29, 1.82) is 0 Å². The molecule has 0 N–H and O–H groups in total. The highest BCUT2D eigenvalue weighted by Crippen LogP contribution is 2.46. The van der Waals surface area contributed by atoms with E-state index in [1.54, 1.807) is 18.5 Å². The molecule has 372 valence electrons. The molecule has 10 heterocycles. The maximum atomic E-state index is 14.2. The van der Waals surface area contributed by atoms with Crippen LogP contribution in [0.2, 0.25) is 0 Å². The summed E-state index contributed by atoms with van der Waals surface area (Å²) in [6.45, 7) is 9.70. The van der Waals surface area contributed by atoms with E-state index < -0.39 is 6.43 Å². The van der Waals surface area contributed by atoms with Gasteiger partial charge >= 0.3 is 0 Å². The van der Waals surface area contributed by atoms with Crippen LogP contribution in [-0.2, 0) is 65.5 Å². The zero-order valence-corrected chi connectivity index (χ0v) is 40.9. The molecule has 0 spiro atoms. The minimum Gasteiger partial charge on any atom is -0.379 e. The zero-order valence-electron chi connectivity index (χ0n) is 40.9. The van der Waals surface area contributed by atoms with Crippen LogP contribution in [0.4, 0.5) is 37.5 Å². The SMILES string of the molecule is CC(=O)N1CCc2c(c(N3C[C@@H](CC(F)F)Cc4cc(-c5cnn(C)c5)ccc43)nn2[C@@H]2COC(CN3CCN(c4nn([C@H]5CCOC5)c5c4CN(C(C)=O)CC5)c4ccc(-c5cnn(C)c5)cc43)C2)C1. The van der Waals surface area contributed by atoms with Crippen molar-refractivity contribution >= 4 is 40.5 Å². The van der Waals surface area contributed by atoms with Gasteiger partial charge in [0.15, 0.2) is 11.6 Å². The average Bonchev–Trinajstić information content (AvgIpc) is 4.24. The van der Waals surface area contributed by atoms with E-state index in [-0.39, 0.29) is 42.3 Å². The number of carbonyl (C=O) groups is 2. The summed E-state index contributed by atoms with van der Waals surface area (Å²) in [6, 6.07) is 13.0. The minimum absolute atomic E-state index is 0.00362. The molecule has 2 amide bonds. The monoisotopic (exact) mass is 969 g/mol. The summed E-state index contributed by atoms with van der Waals surface area (Å²) in [5.74, 6) is 1.40. The summed E-state index contributed by atoms with van der Waals surface area (Å²) in [6.07, 6.45) is 8.50. The molecule has 1 unspecified atom stereocenters.